The predicted molar refractivity (Wildman–Crippen MR) is 99.7 cm³/mol. The molecule has 1 aromatic carbocycles. The second-order valence-electron chi connectivity index (χ2n) is 6.24. The van der Waals surface area contributed by atoms with Gasteiger partial charge in [-0.1, -0.05) is 18.2 Å². The van der Waals surface area contributed by atoms with Crippen molar-refractivity contribution >= 4 is 21.2 Å². The van der Waals surface area contributed by atoms with Crippen LogP contribution in [0.1, 0.15) is 22.3 Å². The summed E-state index contributed by atoms with van der Waals surface area (Å²) in [7, 11) is -1.36. The zero-order valence-electron chi connectivity index (χ0n) is 14.4. The van der Waals surface area contributed by atoms with E-state index in [0.717, 1.165) is 36.6 Å². The summed E-state index contributed by atoms with van der Waals surface area (Å²) in [5, 5.41) is 6.06. The van der Waals surface area contributed by atoms with Gasteiger partial charge in [0.15, 0.2) is 9.84 Å². The summed E-state index contributed by atoms with van der Waals surface area (Å²) in [4.78, 5) is 6.88. The molecule has 25 heavy (non-hydrogen) atoms. The van der Waals surface area contributed by atoms with E-state index in [9.17, 15) is 8.42 Å². The first-order chi connectivity index (χ1) is 12.0. The van der Waals surface area contributed by atoms with Crippen molar-refractivity contribution in [2.24, 2.45) is 0 Å². The Morgan fingerprint density at radius 2 is 2.20 bits per heavy atom. The number of para-hydroxylation sites is 1. The van der Waals surface area contributed by atoms with Gasteiger partial charge in [-0.3, -0.25) is 4.90 Å². The smallest absolute Gasteiger partial charge is 0.153 e. The average molecular weight is 382 g/mol. The number of hydrogen-bond donors (Lipinski definition) is 1. The van der Waals surface area contributed by atoms with E-state index in [1.54, 1.807) is 7.11 Å². The van der Waals surface area contributed by atoms with Gasteiger partial charge >= 0.3 is 0 Å². The van der Waals surface area contributed by atoms with Crippen LogP contribution in [0.25, 0.3) is 0 Å². The highest BCUT2D eigenvalue weighted by atomic mass is 32.2. The molecule has 1 aromatic heterocycles. The van der Waals surface area contributed by atoms with Gasteiger partial charge in [0.2, 0.25) is 0 Å². The molecule has 3 rings (SSSR count). The number of rotatable bonds is 6. The van der Waals surface area contributed by atoms with Crippen molar-refractivity contribution in [2.45, 2.75) is 18.3 Å². The van der Waals surface area contributed by atoms with E-state index in [1.807, 2.05) is 23.6 Å². The fourth-order valence-corrected chi connectivity index (χ4v) is 5.10. The van der Waals surface area contributed by atoms with Crippen molar-refractivity contribution in [3.63, 3.8) is 0 Å². The van der Waals surface area contributed by atoms with Crippen LogP contribution in [0.5, 0.6) is 5.75 Å². The average Bonchev–Trinajstić information content (AvgIpc) is 3.00. The molecule has 6 nitrogen and oxygen atoms in total. The standard InChI is InChI=1S/C17H23N3O3S2/c1-23-16-6-4-3-5-14(16)15-9-18-7-8-20(15)10-13-11-24-17(19-13)12-25(2,21)22/h3-6,11,15,18H,7-10,12H2,1-2H3. The molecule has 0 aliphatic carbocycles. The van der Waals surface area contributed by atoms with Gasteiger partial charge in [0.05, 0.1) is 18.8 Å². The van der Waals surface area contributed by atoms with Crippen LogP contribution < -0.4 is 10.1 Å². The third-order valence-corrected chi connectivity index (χ3v) is 6.08. The van der Waals surface area contributed by atoms with Crippen molar-refractivity contribution in [3.05, 3.63) is 45.9 Å². The molecule has 0 saturated carbocycles. The minimum atomic E-state index is -3.05. The van der Waals surface area contributed by atoms with Crippen LogP contribution in [-0.2, 0) is 22.1 Å². The summed E-state index contributed by atoms with van der Waals surface area (Å²) >= 11 is 1.41. The van der Waals surface area contributed by atoms with Crippen molar-refractivity contribution in [2.75, 3.05) is 33.0 Å². The summed E-state index contributed by atoms with van der Waals surface area (Å²) < 4.78 is 28.4. The molecule has 0 spiro atoms. The zero-order valence-corrected chi connectivity index (χ0v) is 16.1. The van der Waals surface area contributed by atoms with E-state index in [0.29, 0.717) is 11.6 Å². The van der Waals surface area contributed by atoms with E-state index in [4.69, 9.17) is 4.74 Å². The first-order valence-corrected chi connectivity index (χ1v) is 11.1. The molecule has 1 aliphatic heterocycles. The predicted octanol–water partition coefficient (Wildman–Crippen LogP) is 1.84. The van der Waals surface area contributed by atoms with Crippen LogP contribution in [-0.4, -0.2) is 51.3 Å². The van der Waals surface area contributed by atoms with Crippen molar-refractivity contribution in [1.29, 1.82) is 0 Å². The third-order valence-electron chi connectivity index (χ3n) is 4.20. The molecule has 2 aromatic rings. The number of nitrogens with one attached hydrogen (secondary N) is 1. The molecule has 2 heterocycles. The molecule has 1 aliphatic rings. The van der Waals surface area contributed by atoms with Crippen LogP contribution in [0, 0.1) is 0 Å². The number of methoxy groups -OCH3 is 1. The normalized spacial score (nSPS) is 19.0. The molecule has 8 heteroatoms. The number of benzene rings is 1. The SMILES string of the molecule is COc1ccccc1C1CNCCN1Cc1csc(CS(C)(=O)=O)n1. The zero-order chi connectivity index (χ0) is 17.9. The lowest BCUT2D eigenvalue weighted by molar-refractivity contribution is 0.149. The second kappa shape index (κ2) is 7.82. The lowest BCUT2D eigenvalue weighted by Gasteiger charge is -2.36. The molecular formula is C17H23N3O3S2. The molecule has 1 N–H and O–H groups in total. The number of ether oxygens (including phenoxy) is 1. The van der Waals surface area contributed by atoms with Crippen molar-refractivity contribution < 1.29 is 13.2 Å². The molecule has 0 bridgehead atoms. The van der Waals surface area contributed by atoms with Gasteiger partial charge in [0, 0.05) is 43.4 Å². The molecule has 1 unspecified atom stereocenters. The monoisotopic (exact) mass is 381 g/mol. The fourth-order valence-electron chi connectivity index (χ4n) is 3.10. The first-order valence-electron chi connectivity index (χ1n) is 8.15. The highest BCUT2D eigenvalue weighted by molar-refractivity contribution is 7.90. The third kappa shape index (κ3) is 4.78. The van der Waals surface area contributed by atoms with E-state index in [1.165, 1.54) is 17.6 Å². The van der Waals surface area contributed by atoms with Gasteiger partial charge in [-0.15, -0.1) is 11.3 Å². The van der Waals surface area contributed by atoms with Gasteiger partial charge in [-0.05, 0) is 6.07 Å². The fraction of sp³-hybridized carbons (Fsp3) is 0.471. The highest BCUT2D eigenvalue weighted by Crippen LogP contribution is 2.31. The Morgan fingerprint density at radius 3 is 2.96 bits per heavy atom. The van der Waals surface area contributed by atoms with Crippen molar-refractivity contribution in [1.82, 2.24) is 15.2 Å². The summed E-state index contributed by atoms with van der Waals surface area (Å²) in [6, 6.07) is 8.28. The number of thiazole rings is 1. The Hall–Kier alpha value is -1.48. The van der Waals surface area contributed by atoms with Gasteiger partial charge in [0.25, 0.3) is 0 Å². The van der Waals surface area contributed by atoms with E-state index < -0.39 is 9.84 Å². The number of sulfone groups is 1. The largest absolute Gasteiger partial charge is 0.496 e. The van der Waals surface area contributed by atoms with Crippen LogP contribution in [0.2, 0.25) is 0 Å². The highest BCUT2D eigenvalue weighted by Gasteiger charge is 2.26. The molecule has 1 fully saturated rings. The summed E-state index contributed by atoms with van der Waals surface area (Å²) in [5.41, 5.74) is 2.08. The second-order valence-corrected chi connectivity index (χ2v) is 9.32. The van der Waals surface area contributed by atoms with Gasteiger partial charge in [-0.2, -0.15) is 0 Å². The summed E-state index contributed by atoms with van der Waals surface area (Å²) in [6.07, 6.45) is 1.24. The summed E-state index contributed by atoms with van der Waals surface area (Å²) in [6.45, 7) is 3.37. The van der Waals surface area contributed by atoms with E-state index in [2.05, 4.69) is 21.3 Å². The molecule has 1 atom stereocenters. The maximum atomic E-state index is 11.4. The quantitative estimate of drug-likeness (QED) is 0.823. The molecule has 0 radical (unpaired) electrons. The Kier molecular flexibility index (Phi) is 5.73. The Balaban J connectivity index is 1.78. The topological polar surface area (TPSA) is 71.5 Å². The van der Waals surface area contributed by atoms with E-state index in [-0.39, 0.29) is 11.8 Å². The first kappa shape index (κ1) is 18.3. The van der Waals surface area contributed by atoms with Crippen LogP contribution in [0.15, 0.2) is 29.6 Å². The van der Waals surface area contributed by atoms with Gasteiger partial charge in [0.1, 0.15) is 16.5 Å². The number of piperazine rings is 1. The molecule has 136 valence electrons. The summed E-state index contributed by atoms with van der Waals surface area (Å²) in [5.74, 6) is 0.895. The maximum Gasteiger partial charge on any atom is 0.153 e. The minimum absolute atomic E-state index is 0.00909. The number of hydrogen-bond acceptors (Lipinski definition) is 7. The molecular weight excluding hydrogens is 358 g/mol. The van der Waals surface area contributed by atoms with Crippen LogP contribution in [0.4, 0.5) is 0 Å². The number of nitrogens with zero attached hydrogens (tertiary/aromatic N) is 2. The Morgan fingerprint density at radius 1 is 1.40 bits per heavy atom. The lowest BCUT2D eigenvalue weighted by atomic mass is 10.0. The minimum Gasteiger partial charge on any atom is -0.496 e. The number of aromatic nitrogens is 1. The Bertz CT molecular complexity index is 820. The lowest BCUT2D eigenvalue weighted by Crippen LogP contribution is -2.45. The van der Waals surface area contributed by atoms with Crippen LogP contribution >= 0.6 is 11.3 Å². The van der Waals surface area contributed by atoms with E-state index >= 15 is 0 Å². The van der Waals surface area contributed by atoms with Crippen LogP contribution in [0.3, 0.4) is 0 Å². The molecule has 0 amide bonds. The van der Waals surface area contributed by atoms with Gasteiger partial charge < -0.3 is 10.1 Å². The van der Waals surface area contributed by atoms with Gasteiger partial charge in [-0.25, -0.2) is 13.4 Å². The maximum absolute atomic E-state index is 11.4. The molecule has 1 saturated heterocycles. The van der Waals surface area contributed by atoms with Crippen molar-refractivity contribution in [3.8, 4) is 5.75 Å². The Labute approximate surface area is 152 Å².